The van der Waals surface area contributed by atoms with Crippen LogP contribution in [0.1, 0.15) is 24.2 Å². The summed E-state index contributed by atoms with van der Waals surface area (Å²) in [5.74, 6) is 0.0484. The molecule has 1 aromatic carbocycles. The van der Waals surface area contributed by atoms with E-state index in [-0.39, 0.29) is 17.5 Å². The van der Waals surface area contributed by atoms with Gasteiger partial charge in [0.15, 0.2) is 0 Å². The van der Waals surface area contributed by atoms with E-state index in [1.165, 1.54) is 28.8 Å². The van der Waals surface area contributed by atoms with Gasteiger partial charge < -0.3 is 0 Å². The van der Waals surface area contributed by atoms with Crippen molar-refractivity contribution in [1.82, 2.24) is 19.5 Å². The van der Waals surface area contributed by atoms with E-state index in [1.54, 1.807) is 0 Å². The van der Waals surface area contributed by atoms with Gasteiger partial charge in [-0.05, 0) is 30.5 Å². The van der Waals surface area contributed by atoms with Crippen LogP contribution in [0.4, 0.5) is 4.39 Å². The highest BCUT2D eigenvalue weighted by Gasteiger charge is 2.23. The van der Waals surface area contributed by atoms with Crippen LogP contribution >= 0.6 is 0 Å². The van der Waals surface area contributed by atoms with Gasteiger partial charge in [-0.3, -0.25) is 4.57 Å². The van der Waals surface area contributed by atoms with E-state index in [4.69, 9.17) is 0 Å². The number of H-pyrrole nitrogens is 1. The summed E-state index contributed by atoms with van der Waals surface area (Å²) in [6.45, 7) is 0.425. The van der Waals surface area contributed by atoms with Crippen LogP contribution in [-0.4, -0.2) is 29.2 Å². The maximum atomic E-state index is 12.9. The number of benzene rings is 1. The van der Waals surface area contributed by atoms with Crippen molar-refractivity contribution < 1.29 is 12.8 Å². The average molecular weight is 340 g/mol. The van der Waals surface area contributed by atoms with Crippen molar-refractivity contribution in [1.29, 1.82) is 0 Å². The number of nitrogens with zero attached hydrogens (tertiary/aromatic N) is 2. The largest absolute Gasteiger partial charge is 0.343 e. The third-order valence-corrected chi connectivity index (χ3v) is 5.28. The lowest BCUT2D eigenvalue weighted by Gasteiger charge is -2.16. The van der Waals surface area contributed by atoms with Gasteiger partial charge >= 0.3 is 5.69 Å². The number of sulfonamides is 1. The molecule has 2 aromatic rings. The summed E-state index contributed by atoms with van der Waals surface area (Å²) in [6, 6.07) is 5.14. The van der Waals surface area contributed by atoms with E-state index < -0.39 is 15.8 Å². The lowest BCUT2D eigenvalue weighted by atomic mass is 10.1. The Morgan fingerprint density at radius 3 is 2.78 bits per heavy atom. The molecule has 124 valence electrons. The van der Waals surface area contributed by atoms with Crippen molar-refractivity contribution in [3.8, 4) is 0 Å². The second kappa shape index (κ2) is 6.25. The van der Waals surface area contributed by atoms with Crippen LogP contribution in [0.2, 0.25) is 0 Å². The number of aromatic nitrogens is 3. The van der Waals surface area contributed by atoms with Gasteiger partial charge in [0.2, 0.25) is 10.0 Å². The number of aryl methyl sites for hydroxylation is 1. The van der Waals surface area contributed by atoms with Crippen molar-refractivity contribution in [3.63, 3.8) is 0 Å². The summed E-state index contributed by atoms with van der Waals surface area (Å²) >= 11 is 0. The SMILES string of the molecule is O=c1[nH]nc2n1CCC(NS(=O)(=O)Cc1ccc(F)cc1)CC2. The van der Waals surface area contributed by atoms with Gasteiger partial charge in [0.1, 0.15) is 11.6 Å². The van der Waals surface area contributed by atoms with Crippen molar-refractivity contribution in [2.75, 3.05) is 0 Å². The van der Waals surface area contributed by atoms with Crippen molar-refractivity contribution in [2.24, 2.45) is 0 Å². The summed E-state index contributed by atoms with van der Waals surface area (Å²) in [5.41, 5.74) is 0.256. The van der Waals surface area contributed by atoms with Crippen molar-refractivity contribution >= 4 is 10.0 Å². The number of rotatable bonds is 4. The minimum atomic E-state index is -3.53. The molecule has 1 aliphatic heterocycles. The lowest BCUT2D eigenvalue weighted by Crippen LogP contribution is -2.36. The zero-order valence-corrected chi connectivity index (χ0v) is 13.1. The van der Waals surface area contributed by atoms with Gasteiger partial charge in [0.25, 0.3) is 0 Å². The van der Waals surface area contributed by atoms with Crippen molar-refractivity contribution in [2.45, 2.75) is 37.6 Å². The summed E-state index contributed by atoms with van der Waals surface area (Å²) in [7, 11) is -3.53. The molecule has 2 heterocycles. The van der Waals surface area contributed by atoms with Crippen LogP contribution in [0.3, 0.4) is 0 Å². The number of aromatic amines is 1. The highest BCUT2D eigenvalue weighted by Crippen LogP contribution is 2.14. The lowest BCUT2D eigenvalue weighted by molar-refractivity contribution is 0.493. The van der Waals surface area contributed by atoms with Crippen molar-refractivity contribution in [3.05, 3.63) is 52.0 Å². The second-order valence-corrected chi connectivity index (χ2v) is 7.38. The number of nitrogens with one attached hydrogen (secondary N) is 2. The highest BCUT2D eigenvalue weighted by molar-refractivity contribution is 7.88. The smallest absolute Gasteiger partial charge is 0.279 e. The molecule has 2 N–H and O–H groups in total. The Kier molecular flexibility index (Phi) is 4.31. The number of halogens is 1. The van der Waals surface area contributed by atoms with E-state index in [1.807, 2.05) is 0 Å². The molecule has 3 rings (SSSR count). The molecular weight excluding hydrogens is 323 g/mol. The van der Waals surface area contributed by atoms with E-state index in [0.717, 1.165) is 0 Å². The molecule has 0 saturated carbocycles. The molecule has 0 radical (unpaired) electrons. The molecule has 1 aromatic heterocycles. The first kappa shape index (κ1) is 15.9. The molecule has 7 nitrogen and oxygen atoms in total. The molecule has 23 heavy (non-hydrogen) atoms. The van der Waals surface area contributed by atoms with E-state index in [9.17, 15) is 17.6 Å². The molecular formula is C14H17FN4O3S. The maximum Gasteiger partial charge on any atom is 0.343 e. The zero-order valence-electron chi connectivity index (χ0n) is 12.3. The highest BCUT2D eigenvalue weighted by atomic mass is 32.2. The molecule has 0 spiro atoms. The van der Waals surface area contributed by atoms with Crippen LogP contribution < -0.4 is 10.4 Å². The standard InChI is InChI=1S/C14H17FN4O3S/c15-11-3-1-10(2-4-11)9-23(21,22)18-12-5-6-13-16-17-14(20)19(13)8-7-12/h1-4,12,18H,5-9H2,(H,17,20). The predicted octanol–water partition coefficient (Wildman–Crippen LogP) is 0.535. The molecule has 0 fully saturated rings. The molecule has 1 aliphatic rings. The Labute approximate surface area is 132 Å². The minimum absolute atomic E-state index is 0.199. The first-order valence-electron chi connectivity index (χ1n) is 7.31. The molecule has 1 unspecified atom stereocenters. The Bertz CT molecular complexity index is 842. The van der Waals surface area contributed by atoms with Crippen LogP contribution in [-0.2, 0) is 28.7 Å². The first-order valence-corrected chi connectivity index (χ1v) is 8.97. The maximum absolute atomic E-state index is 12.9. The van der Waals surface area contributed by atoms with E-state index >= 15 is 0 Å². The predicted molar refractivity (Wildman–Crippen MR) is 81.7 cm³/mol. The summed E-state index contributed by atoms with van der Waals surface area (Å²) in [4.78, 5) is 11.6. The third-order valence-electron chi connectivity index (χ3n) is 3.87. The van der Waals surface area contributed by atoms with Crippen LogP contribution in [0.25, 0.3) is 0 Å². The van der Waals surface area contributed by atoms with Crippen LogP contribution in [0.15, 0.2) is 29.1 Å². The summed E-state index contributed by atoms with van der Waals surface area (Å²) < 4.78 is 41.6. The molecule has 1 atom stereocenters. The second-order valence-electron chi connectivity index (χ2n) is 5.62. The molecule has 9 heteroatoms. The Morgan fingerprint density at radius 2 is 2.04 bits per heavy atom. The normalized spacial score (nSPS) is 18.4. The zero-order chi connectivity index (χ0) is 16.4. The first-order chi connectivity index (χ1) is 10.9. The Hall–Kier alpha value is -2.00. The van der Waals surface area contributed by atoms with Gasteiger partial charge in [-0.25, -0.2) is 27.4 Å². The van der Waals surface area contributed by atoms with Crippen LogP contribution in [0.5, 0.6) is 0 Å². The van der Waals surface area contributed by atoms with Crippen LogP contribution in [0, 0.1) is 5.82 Å². The molecule has 0 bridgehead atoms. The van der Waals surface area contributed by atoms with Gasteiger partial charge in [-0.1, -0.05) is 12.1 Å². The number of hydrogen-bond donors (Lipinski definition) is 2. The fourth-order valence-corrected chi connectivity index (χ4v) is 4.18. The fraction of sp³-hybridized carbons (Fsp3) is 0.429. The fourth-order valence-electron chi connectivity index (χ4n) is 2.72. The van der Waals surface area contributed by atoms with E-state index in [0.29, 0.717) is 37.2 Å². The summed E-state index contributed by atoms with van der Waals surface area (Å²) in [5, 5.41) is 6.33. The number of fused-ring (bicyclic) bond motifs is 1. The average Bonchev–Trinajstić information content (AvgIpc) is 2.72. The van der Waals surface area contributed by atoms with Gasteiger partial charge in [-0.15, -0.1) is 0 Å². The van der Waals surface area contributed by atoms with Gasteiger partial charge in [-0.2, -0.15) is 5.10 Å². The van der Waals surface area contributed by atoms with E-state index in [2.05, 4.69) is 14.9 Å². The quantitative estimate of drug-likeness (QED) is 0.849. The Morgan fingerprint density at radius 1 is 1.30 bits per heavy atom. The van der Waals surface area contributed by atoms with Gasteiger partial charge in [0.05, 0.1) is 5.75 Å². The Balaban J connectivity index is 1.64. The number of hydrogen-bond acceptors (Lipinski definition) is 4. The van der Waals surface area contributed by atoms with Gasteiger partial charge in [0, 0.05) is 19.0 Å². The monoisotopic (exact) mass is 340 g/mol. The molecule has 0 amide bonds. The molecule has 0 aliphatic carbocycles. The topological polar surface area (TPSA) is 96.8 Å². The summed E-state index contributed by atoms with van der Waals surface area (Å²) in [6.07, 6.45) is 1.63. The minimum Gasteiger partial charge on any atom is -0.279 e. The molecule has 0 saturated heterocycles. The third kappa shape index (κ3) is 3.85.